The molecule has 0 bridgehead atoms. The number of methoxy groups -OCH3 is 1. The second kappa shape index (κ2) is 10.2. The molecule has 19 heavy (non-hydrogen) atoms. The van der Waals surface area contributed by atoms with Crippen LogP contribution in [0.25, 0.3) is 0 Å². The number of unbranched alkanes of at least 4 members (excludes halogenated alkanes) is 5. The van der Waals surface area contributed by atoms with Crippen molar-refractivity contribution in [2.75, 3.05) is 7.11 Å². The standard InChI is InChI=1S/C16H32O3/c1-5-7-9-10-11-13-16(3,18)14(12-8-6-2)15(17)19-4/h14,18H,5-13H2,1-4H3. The van der Waals surface area contributed by atoms with Crippen LogP contribution < -0.4 is 0 Å². The molecular weight excluding hydrogens is 240 g/mol. The molecule has 2 atom stereocenters. The highest BCUT2D eigenvalue weighted by atomic mass is 16.5. The van der Waals surface area contributed by atoms with Crippen LogP contribution >= 0.6 is 0 Å². The highest BCUT2D eigenvalue weighted by molar-refractivity contribution is 5.73. The van der Waals surface area contributed by atoms with Crippen molar-refractivity contribution in [3.8, 4) is 0 Å². The fourth-order valence-corrected chi connectivity index (χ4v) is 2.49. The van der Waals surface area contributed by atoms with Crippen LogP contribution in [0.15, 0.2) is 0 Å². The molecule has 3 nitrogen and oxygen atoms in total. The Labute approximate surface area is 118 Å². The summed E-state index contributed by atoms with van der Waals surface area (Å²) in [6.45, 7) is 6.06. The van der Waals surface area contributed by atoms with Gasteiger partial charge in [-0.2, -0.15) is 0 Å². The molecule has 0 aromatic carbocycles. The van der Waals surface area contributed by atoms with Crippen molar-refractivity contribution in [3.63, 3.8) is 0 Å². The smallest absolute Gasteiger partial charge is 0.311 e. The van der Waals surface area contributed by atoms with E-state index in [1.165, 1.54) is 26.4 Å². The zero-order valence-corrected chi connectivity index (χ0v) is 13.2. The fraction of sp³-hybridized carbons (Fsp3) is 0.938. The predicted molar refractivity (Wildman–Crippen MR) is 79.0 cm³/mol. The number of esters is 1. The minimum Gasteiger partial charge on any atom is -0.469 e. The van der Waals surface area contributed by atoms with Crippen molar-refractivity contribution >= 4 is 5.97 Å². The molecule has 0 fully saturated rings. The van der Waals surface area contributed by atoms with Gasteiger partial charge in [-0.05, 0) is 19.8 Å². The van der Waals surface area contributed by atoms with Crippen molar-refractivity contribution < 1.29 is 14.6 Å². The van der Waals surface area contributed by atoms with Gasteiger partial charge >= 0.3 is 5.97 Å². The van der Waals surface area contributed by atoms with E-state index >= 15 is 0 Å². The summed E-state index contributed by atoms with van der Waals surface area (Å²) in [6.07, 6.45) is 9.16. The summed E-state index contributed by atoms with van der Waals surface area (Å²) in [7, 11) is 1.40. The number of carbonyl (C=O) groups excluding carboxylic acids is 1. The normalized spacial score (nSPS) is 15.8. The lowest BCUT2D eigenvalue weighted by Gasteiger charge is -2.31. The van der Waals surface area contributed by atoms with E-state index in [0.29, 0.717) is 12.8 Å². The van der Waals surface area contributed by atoms with Crippen LogP contribution in [-0.2, 0) is 9.53 Å². The monoisotopic (exact) mass is 272 g/mol. The summed E-state index contributed by atoms with van der Waals surface area (Å²) in [5.74, 6) is -0.657. The lowest BCUT2D eigenvalue weighted by Crippen LogP contribution is -2.40. The van der Waals surface area contributed by atoms with Crippen LogP contribution in [0, 0.1) is 5.92 Å². The third-order valence-electron chi connectivity index (χ3n) is 3.87. The van der Waals surface area contributed by atoms with Gasteiger partial charge in [0.2, 0.25) is 0 Å². The van der Waals surface area contributed by atoms with Crippen molar-refractivity contribution in [2.24, 2.45) is 5.92 Å². The summed E-state index contributed by atoms with van der Waals surface area (Å²) in [6, 6.07) is 0. The van der Waals surface area contributed by atoms with Crippen LogP contribution in [0.4, 0.5) is 0 Å². The van der Waals surface area contributed by atoms with Crippen LogP contribution in [0.2, 0.25) is 0 Å². The Morgan fingerprint density at radius 3 is 2.21 bits per heavy atom. The number of carbonyl (C=O) groups is 1. The molecule has 0 saturated carbocycles. The van der Waals surface area contributed by atoms with Gasteiger partial charge in [0, 0.05) is 0 Å². The SMILES string of the molecule is CCCCCCCC(C)(O)C(CCCC)C(=O)OC. The molecule has 0 heterocycles. The highest BCUT2D eigenvalue weighted by Gasteiger charge is 2.37. The van der Waals surface area contributed by atoms with Crippen LogP contribution in [0.1, 0.15) is 78.6 Å². The van der Waals surface area contributed by atoms with Gasteiger partial charge in [0.1, 0.15) is 0 Å². The molecule has 0 radical (unpaired) electrons. The summed E-state index contributed by atoms with van der Waals surface area (Å²) in [4.78, 5) is 11.8. The van der Waals surface area contributed by atoms with Gasteiger partial charge in [0.05, 0.1) is 18.6 Å². The Morgan fingerprint density at radius 1 is 1.11 bits per heavy atom. The van der Waals surface area contributed by atoms with Gasteiger partial charge in [0.25, 0.3) is 0 Å². The first-order valence-electron chi connectivity index (χ1n) is 7.79. The minimum absolute atomic E-state index is 0.271. The lowest BCUT2D eigenvalue weighted by molar-refractivity contribution is -0.156. The van der Waals surface area contributed by atoms with Gasteiger partial charge in [-0.3, -0.25) is 4.79 Å². The summed E-state index contributed by atoms with van der Waals surface area (Å²) in [5.41, 5.74) is -0.936. The highest BCUT2D eigenvalue weighted by Crippen LogP contribution is 2.29. The van der Waals surface area contributed by atoms with Crippen LogP contribution in [-0.4, -0.2) is 23.8 Å². The second-order valence-corrected chi connectivity index (χ2v) is 5.74. The van der Waals surface area contributed by atoms with E-state index in [-0.39, 0.29) is 11.9 Å². The van der Waals surface area contributed by atoms with E-state index in [9.17, 15) is 9.90 Å². The Balaban J connectivity index is 4.29. The molecule has 2 unspecified atom stereocenters. The Kier molecular flexibility index (Phi) is 9.94. The largest absolute Gasteiger partial charge is 0.469 e. The quantitative estimate of drug-likeness (QED) is 0.455. The van der Waals surface area contributed by atoms with Crippen molar-refractivity contribution in [2.45, 2.75) is 84.2 Å². The van der Waals surface area contributed by atoms with Crippen molar-refractivity contribution in [1.82, 2.24) is 0 Å². The number of rotatable bonds is 11. The average molecular weight is 272 g/mol. The lowest BCUT2D eigenvalue weighted by atomic mass is 9.81. The molecule has 1 N–H and O–H groups in total. The zero-order chi connectivity index (χ0) is 14.7. The number of hydrogen-bond donors (Lipinski definition) is 1. The van der Waals surface area contributed by atoms with Gasteiger partial charge in [-0.15, -0.1) is 0 Å². The molecule has 3 heteroatoms. The summed E-state index contributed by atoms with van der Waals surface area (Å²) in [5, 5.41) is 10.6. The van der Waals surface area contributed by atoms with E-state index in [1.54, 1.807) is 6.92 Å². The van der Waals surface area contributed by atoms with E-state index in [2.05, 4.69) is 13.8 Å². The fourth-order valence-electron chi connectivity index (χ4n) is 2.49. The van der Waals surface area contributed by atoms with E-state index < -0.39 is 5.60 Å². The zero-order valence-electron chi connectivity index (χ0n) is 13.2. The van der Waals surface area contributed by atoms with Gasteiger partial charge in [0.15, 0.2) is 0 Å². The topological polar surface area (TPSA) is 46.5 Å². The van der Waals surface area contributed by atoms with Gasteiger partial charge in [-0.1, -0.05) is 58.8 Å². The summed E-state index contributed by atoms with van der Waals surface area (Å²) >= 11 is 0. The van der Waals surface area contributed by atoms with Gasteiger partial charge < -0.3 is 9.84 Å². The number of ether oxygens (including phenoxy) is 1. The van der Waals surface area contributed by atoms with Crippen LogP contribution in [0.5, 0.6) is 0 Å². The van der Waals surface area contributed by atoms with E-state index in [1.807, 2.05) is 0 Å². The minimum atomic E-state index is -0.936. The molecule has 0 aromatic heterocycles. The van der Waals surface area contributed by atoms with E-state index in [0.717, 1.165) is 25.7 Å². The number of hydrogen-bond acceptors (Lipinski definition) is 3. The molecule has 0 rings (SSSR count). The Bertz CT molecular complexity index is 236. The van der Waals surface area contributed by atoms with E-state index in [4.69, 9.17) is 4.74 Å². The second-order valence-electron chi connectivity index (χ2n) is 5.74. The Hall–Kier alpha value is -0.570. The first kappa shape index (κ1) is 18.4. The average Bonchev–Trinajstić information content (AvgIpc) is 2.38. The molecule has 0 spiro atoms. The molecule has 0 aliphatic heterocycles. The molecule has 0 amide bonds. The Morgan fingerprint density at radius 2 is 1.68 bits per heavy atom. The molecule has 0 aromatic rings. The predicted octanol–water partition coefficient (Wildman–Crippen LogP) is 4.08. The third kappa shape index (κ3) is 7.56. The first-order valence-corrected chi connectivity index (χ1v) is 7.79. The molecule has 0 saturated heterocycles. The maximum Gasteiger partial charge on any atom is 0.311 e. The first-order chi connectivity index (χ1) is 8.99. The maximum absolute atomic E-state index is 11.8. The molecule has 114 valence electrons. The summed E-state index contributed by atoms with van der Waals surface area (Å²) < 4.78 is 4.84. The molecular formula is C16H32O3. The number of aliphatic hydroxyl groups is 1. The van der Waals surface area contributed by atoms with Crippen molar-refractivity contribution in [1.29, 1.82) is 0 Å². The molecule has 0 aliphatic carbocycles. The third-order valence-corrected chi connectivity index (χ3v) is 3.87. The molecule has 0 aliphatic rings. The van der Waals surface area contributed by atoms with Gasteiger partial charge in [-0.25, -0.2) is 0 Å². The van der Waals surface area contributed by atoms with Crippen molar-refractivity contribution in [3.05, 3.63) is 0 Å². The van der Waals surface area contributed by atoms with Crippen LogP contribution in [0.3, 0.4) is 0 Å². The maximum atomic E-state index is 11.8.